The van der Waals surface area contributed by atoms with Gasteiger partial charge in [-0.15, -0.1) is 0 Å². The summed E-state index contributed by atoms with van der Waals surface area (Å²) in [4.78, 5) is 4.38. The Bertz CT molecular complexity index is 320. The van der Waals surface area contributed by atoms with Crippen LogP contribution < -0.4 is 0 Å². The lowest BCUT2D eigenvalue weighted by Gasteiger charge is -2.03. The highest BCUT2D eigenvalue weighted by Gasteiger charge is 2.21. The van der Waals surface area contributed by atoms with Crippen LogP contribution in [0.4, 0.5) is 0 Å². The first kappa shape index (κ1) is 8.35. The van der Waals surface area contributed by atoms with Crippen LogP contribution in [0.5, 0.6) is 0 Å². The van der Waals surface area contributed by atoms with Crippen molar-refractivity contribution in [1.82, 2.24) is 4.98 Å². The molecule has 0 aliphatic carbocycles. The largest absolute Gasteiger partial charge is 0.488 e. The summed E-state index contributed by atoms with van der Waals surface area (Å²) in [6.45, 7) is 4.01. The Morgan fingerprint density at radius 2 is 2.46 bits per heavy atom. The molecule has 1 aliphatic rings. The number of aryl methyl sites for hydroxylation is 2. The molecule has 1 unspecified atom stereocenters. The minimum absolute atomic E-state index is 0.000926. The van der Waals surface area contributed by atoms with E-state index in [-0.39, 0.29) is 6.10 Å². The molecule has 1 aromatic rings. The lowest BCUT2D eigenvalue weighted by atomic mass is 10.3. The van der Waals surface area contributed by atoms with Crippen molar-refractivity contribution in [2.45, 2.75) is 32.8 Å². The summed E-state index contributed by atoms with van der Waals surface area (Å²) in [5.74, 6) is 1.62. The number of rotatable bonds is 2. The molecule has 0 spiro atoms. The van der Waals surface area contributed by atoms with Gasteiger partial charge in [-0.2, -0.15) is 0 Å². The lowest BCUT2D eigenvalue weighted by molar-refractivity contribution is 0.140. The minimum Gasteiger partial charge on any atom is -0.488 e. The normalized spacial score (nSPS) is 20.6. The van der Waals surface area contributed by atoms with Gasteiger partial charge >= 0.3 is 0 Å². The molecule has 1 atom stereocenters. The van der Waals surface area contributed by atoms with Crippen LogP contribution in [0.2, 0.25) is 0 Å². The van der Waals surface area contributed by atoms with Crippen molar-refractivity contribution in [3.05, 3.63) is 29.7 Å². The van der Waals surface area contributed by atoms with Gasteiger partial charge in [0.05, 0.1) is 12.0 Å². The zero-order valence-electron chi connectivity index (χ0n) is 7.91. The third kappa shape index (κ3) is 1.46. The first-order valence-electron chi connectivity index (χ1n) is 4.58. The molecule has 3 nitrogen and oxygen atoms in total. The van der Waals surface area contributed by atoms with Crippen LogP contribution in [0.1, 0.15) is 36.8 Å². The fraction of sp³-hybridized carbons (Fsp3) is 0.500. The number of aromatic nitrogens is 1. The van der Waals surface area contributed by atoms with E-state index in [9.17, 15) is 0 Å². The number of oxazole rings is 1. The van der Waals surface area contributed by atoms with E-state index in [2.05, 4.69) is 11.9 Å². The van der Waals surface area contributed by atoms with Crippen LogP contribution >= 0.6 is 0 Å². The summed E-state index contributed by atoms with van der Waals surface area (Å²) >= 11 is 0. The second kappa shape index (κ2) is 3.24. The molecule has 2 rings (SSSR count). The second-order valence-electron chi connectivity index (χ2n) is 3.14. The maximum Gasteiger partial charge on any atom is 0.236 e. The topological polar surface area (TPSA) is 35.3 Å². The van der Waals surface area contributed by atoms with Crippen molar-refractivity contribution >= 4 is 0 Å². The van der Waals surface area contributed by atoms with Gasteiger partial charge in [0.1, 0.15) is 5.76 Å². The zero-order chi connectivity index (χ0) is 9.26. The first-order chi connectivity index (χ1) is 6.31. The number of hydrogen-bond donors (Lipinski definition) is 0. The molecule has 0 aromatic carbocycles. The van der Waals surface area contributed by atoms with E-state index in [1.54, 1.807) is 6.26 Å². The van der Waals surface area contributed by atoms with Crippen molar-refractivity contribution in [3.63, 3.8) is 0 Å². The fourth-order valence-electron chi connectivity index (χ4n) is 1.46. The second-order valence-corrected chi connectivity index (χ2v) is 3.14. The fourth-order valence-corrected chi connectivity index (χ4v) is 1.46. The molecular weight excluding hydrogens is 166 g/mol. The van der Waals surface area contributed by atoms with Crippen molar-refractivity contribution < 1.29 is 9.15 Å². The average molecular weight is 179 g/mol. The molecule has 0 radical (unpaired) electrons. The minimum atomic E-state index is -0.000926. The monoisotopic (exact) mass is 179 g/mol. The molecule has 70 valence electrons. The molecule has 0 saturated heterocycles. The summed E-state index contributed by atoms with van der Waals surface area (Å²) in [7, 11) is 0. The van der Waals surface area contributed by atoms with Crippen LogP contribution in [-0.2, 0) is 11.2 Å². The molecule has 0 fully saturated rings. The van der Waals surface area contributed by atoms with E-state index in [1.165, 1.54) is 0 Å². The zero-order valence-corrected chi connectivity index (χ0v) is 7.91. The third-order valence-electron chi connectivity index (χ3n) is 2.21. The summed E-state index contributed by atoms with van der Waals surface area (Å²) < 4.78 is 10.8. The number of ether oxygens (including phenoxy) is 1. The van der Waals surface area contributed by atoms with E-state index in [4.69, 9.17) is 9.15 Å². The highest BCUT2D eigenvalue weighted by Crippen LogP contribution is 2.27. The standard InChI is InChI=1S/C10H13NO2/c1-3-8-7(2)13-10(11-8)9-5-4-6-12-9/h4,6,9H,3,5H2,1-2H3. The predicted molar refractivity (Wildman–Crippen MR) is 48.2 cm³/mol. The predicted octanol–water partition coefficient (Wildman–Crippen LogP) is 2.52. The summed E-state index contributed by atoms with van der Waals surface area (Å²) in [5, 5.41) is 0. The van der Waals surface area contributed by atoms with Gasteiger partial charge in [0.2, 0.25) is 5.89 Å². The quantitative estimate of drug-likeness (QED) is 0.699. The van der Waals surface area contributed by atoms with Gasteiger partial charge in [-0.1, -0.05) is 6.92 Å². The Hall–Kier alpha value is -1.25. The summed E-state index contributed by atoms with van der Waals surface area (Å²) in [5.41, 5.74) is 1.03. The molecule has 0 bridgehead atoms. The van der Waals surface area contributed by atoms with E-state index in [0.717, 1.165) is 24.3 Å². The Morgan fingerprint density at radius 3 is 3.00 bits per heavy atom. The van der Waals surface area contributed by atoms with Gasteiger partial charge in [-0.3, -0.25) is 0 Å². The third-order valence-corrected chi connectivity index (χ3v) is 2.21. The van der Waals surface area contributed by atoms with E-state index in [0.29, 0.717) is 5.89 Å². The molecular formula is C10H13NO2. The van der Waals surface area contributed by atoms with E-state index < -0.39 is 0 Å². The van der Waals surface area contributed by atoms with Crippen LogP contribution in [0.15, 0.2) is 16.8 Å². The Balaban J connectivity index is 2.21. The summed E-state index contributed by atoms with van der Waals surface area (Å²) in [6, 6.07) is 0. The number of hydrogen-bond acceptors (Lipinski definition) is 3. The molecule has 2 heterocycles. The van der Waals surface area contributed by atoms with Gasteiger partial charge in [0.15, 0.2) is 6.10 Å². The van der Waals surface area contributed by atoms with Crippen molar-refractivity contribution in [1.29, 1.82) is 0 Å². The Morgan fingerprint density at radius 1 is 1.62 bits per heavy atom. The smallest absolute Gasteiger partial charge is 0.236 e. The Kier molecular flexibility index (Phi) is 2.08. The molecule has 1 aromatic heterocycles. The Labute approximate surface area is 77.4 Å². The maximum atomic E-state index is 5.51. The van der Waals surface area contributed by atoms with E-state index in [1.807, 2.05) is 13.0 Å². The van der Waals surface area contributed by atoms with Gasteiger partial charge in [-0.05, 0) is 19.4 Å². The van der Waals surface area contributed by atoms with E-state index >= 15 is 0 Å². The molecule has 3 heteroatoms. The first-order valence-corrected chi connectivity index (χ1v) is 4.58. The average Bonchev–Trinajstić information content (AvgIpc) is 2.71. The van der Waals surface area contributed by atoms with Crippen LogP contribution in [0.3, 0.4) is 0 Å². The SMILES string of the molecule is CCc1nc(C2CC=CO2)oc1C. The van der Waals surface area contributed by atoms with Crippen LogP contribution in [0, 0.1) is 6.92 Å². The highest BCUT2D eigenvalue weighted by atomic mass is 16.5. The maximum absolute atomic E-state index is 5.51. The van der Waals surface area contributed by atoms with Gasteiger partial charge in [0.25, 0.3) is 0 Å². The summed E-state index contributed by atoms with van der Waals surface area (Å²) in [6.07, 6.45) is 5.46. The molecule has 0 N–H and O–H groups in total. The van der Waals surface area contributed by atoms with Crippen molar-refractivity contribution in [2.24, 2.45) is 0 Å². The van der Waals surface area contributed by atoms with Gasteiger partial charge in [-0.25, -0.2) is 4.98 Å². The molecule has 0 saturated carbocycles. The molecule has 13 heavy (non-hydrogen) atoms. The van der Waals surface area contributed by atoms with Gasteiger partial charge < -0.3 is 9.15 Å². The highest BCUT2D eigenvalue weighted by molar-refractivity contribution is 5.10. The van der Waals surface area contributed by atoms with Crippen LogP contribution in [0.25, 0.3) is 0 Å². The molecule has 0 amide bonds. The lowest BCUT2D eigenvalue weighted by Crippen LogP contribution is -1.95. The van der Waals surface area contributed by atoms with Crippen molar-refractivity contribution in [3.8, 4) is 0 Å². The van der Waals surface area contributed by atoms with Crippen molar-refractivity contribution in [2.75, 3.05) is 0 Å². The van der Waals surface area contributed by atoms with Gasteiger partial charge in [0, 0.05) is 6.42 Å². The molecule has 1 aliphatic heterocycles. The van der Waals surface area contributed by atoms with Crippen LogP contribution in [-0.4, -0.2) is 4.98 Å². The number of nitrogens with zero attached hydrogens (tertiary/aromatic N) is 1.